The molecule has 2 heterocycles. The Bertz CT molecular complexity index is 1110. The fraction of sp³-hybridized carbons (Fsp3) is 0.450. The van der Waals surface area contributed by atoms with Crippen LogP contribution in [0.1, 0.15) is 19.4 Å². The van der Waals surface area contributed by atoms with Gasteiger partial charge in [0.15, 0.2) is 11.2 Å². The van der Waals surface area contributed by atoms with E-state index in [1.165, 1.54) is 4.57 Å². The van der Waals surface area contributed by atoms with Crippen molar-refractivity contribution < 1.29 is 9.84 Å². The molecule has 0 fully saturated rings. The van der Waals surface area contributed by atoms with Crippen molar-refractivity contribution in [2.75, 3.05) is 24.6 Å². The second-order valence-corrected chi connectivity index (χ2v) is 6.97. The van der Waals surface area contributed by atoms with Gasteiger partial charge in [-0.15, -0.1) is 0 Å². The zero-order valence-electron chi connectivity index (χ0n) is 17.2. The molecule has 0 saturated carbocycles. The van der Waals surface area contributed by atoms with Crippen molar-refractivity contribution in [1.29, 1.82) is 0 Å². The van der Waals surface area contributed by atoms with Crippen LogP contribution in [0.5, 0.6) is 5.75 Å². The number of hydrogen-bond donors (Lipinski definition) is 2. The molecule has 2 N–H and O–H groups in total. The number of anilines is 1. The summed E-state index contributed by atoms with van der Waals surface area (Å²) in [7, 11) is 1.56. The van der Waals surface area contributed by atoms with Gasteiger partial charge in [0, 0.05) is 20.1 Å². The van der Waals surface area contributed by atoms with E-state index in [-0.39, 0.29) is 24.3 Å². The van der Waals surface area contributed by atoms with E-state index < -0.39 is 17.4 Å². The van der Waals surface area contributed by atoms with Crippen LogP contribution in [-0.2, 0) is 13.6 Å². The predicted octanol–water partition coefficient (Wildman–Crippen LogP) is 1.02. The van der Waals surface area contributed by atoms with Gasteiger partial charge in [0.1, 0.15) is 18.5 Å². The number of ether oxygens (including phenoxy) is 1. The summed E-state index contributed by atoms with van der Waals surface area (Å²) in [5, 5.41) is 10.6. The third kappa shape index (κ3) is 4.19. The van der Waals surface area contributed by atoms with Crippen molar-refractivity contribution in [2.24, 2.45) is 7.05 Å². The number of nitrogens with zero attached hydrogens (tertiary/aromatic N) is 4. The largest absolute Gasteiger partial charge is 0.491 e. The van der Waals surface area contributed by atoms with E-state index in [1.807, 2.05) is 49.9 Å². The van der Waals surface area contributed by atoms with E-state index in [4.69, 9.17) is 4.74 Å². The molecule has 156 valence electrons. The summed E-state index contributed by atoms with van der Waals surface area (Å²) < 4.78 is 8.66. The first-order valence-corrected chi connectivity index (χ1v) is 9.67. The zero-order valence-corrected chi connectivity index (χ0v) is 17.2. The van der Waals surface area contributed by atoms with Gasteiger partial charge < -0.3 is 19.3 Å². The van der Waals surface area contributed by atoms with E-state index in [1.54, 1.807) is 11.6 Å². The highest BCUT2D eigenvalue weighted by Crippen LogP contribution is 2.20. The van der Waals surface area contributed by atoms with Crippen LogP contribution in [0.3, 0.4) is 0 Å². The summed E-state index contributed by atoms with van der Waals surface area (Å²) in [5.74, 6) is 1.20. The first-order chi connectivity index (χ1) is 13.8. The highest BCUT2D eigenvalue weighted by atomic mass is 16.5. The number of hydrogen-bond acceptors (Lipinski definition) is 6. The van der Waals surface area contributed by atoms with Crippen molar-refractivity contribution in [3.05, 3.63) is 50.7 Å². The van der Waals surface area contributed by atoms with E-state index in [0.717, 1.165) is 5.56 Å². The first kappa shape index (κ1) is 20.7. The number of aryl methyl sites for hydroxylation is 2. The molecule has 3 aromatic rings. The van der Waals surface area contributed by atoms with Crippen LogP contribution in [0.25, 0.3) is 11.2 Å². The highest BCUT2D eigenvalue weighted by Gasteiger charge is 2.22. The lowest BCUT2D eigenvalue weighted by atomic mass is 10.2. The molecule has 0 unspecified atom stereocenters. The van der Waals surface area contributed by atoms with Gasteiger partial charge >= 0.3 is 5.69 Å². The van der Waals surface area contributed by atoms with Gasteiger partial charge in [-0.05, 0) is 38.5 Å². The Balaban J connectivity index is 1.96. The molecule has 0 spiro atoms. The fourth-order valence-electron chi connectivity index (χ4n) is 3.30. The predicted molar refractivity (Wildman–Crippen MR) is 112 cm³/mol. The molecule has 0 aliphatic carbocycles. The average molecular weight is 401 g/mol. The standard InChI is InChI=1S/C20H27N5O4/c1-5-24(6-2)19-21-17-16(18(27)22-20(28)23(17)4)25(19)11-14(26)12-29-15-9-7-8-13(3)10-15/h7-10,14,26H,5-6,11-12H2,1-4H3,(H,22,27,28)/t14-/m0/s1. The van der Waals surface area contributed by atoms with Crippen LogP contribution in [0.4, 0.5) is 5.95 Å². The lowest BCUT2D eigenvalue weighted by Gasteiger charge is -2.22. The Kier molecular flexibility index (Phi) is 6.07. The number of benzene rings is 1. The SMILES string of the molecule is CCN(CC)c1nc2c(c(=O)[nH]c(=O)n2C)n1C[C@H](O)COc1cccc(C)c1. The molecule has 2 aromatic heterocycles. The molecule has 3 rings (SSSR count). The van der Waals surface area contributed by atoms with Crippen molar-refractivity contribution in [2.45, 2.75) is 33.4 Å². The molecule has 0 radical (unpaired) electrons. The van der Waals surface area contributed by atoms with Crippen molar-refractivity contribution in [3.8, 4) is 5.75 Å². The fourth-order valence-corrected chi connectivity index (χ4v) is 3.30. The number of aromatic nitrogens is 4. The number of nitrogens with one attached hydrogen (secondary N) is 1. The highest BCUT2D eigenvalue weighted by molar-refractivity contribution is 5.74. The Morgan fingerprint density at radius 1 is 1.28 bits per heavy atom. The summed E-state index contributed by atoms with van der Waals surface area (Å²) >= 11 is 0. The molecule has 0 bridgehead atoms. The number of imidazole rings is 1. The Hall–Kier alpha value is -3.07. The Morgan fingerprint density at radius 3 is 2.66 bits per heavy atom. The lowest BCUT2D eigenvalue weighted by molar-refractivity contribution is 0.0936. The second kappa shape index (κ2) is 8.52. The van der Waals surface area contributed by atoms with Crippen LogP contribution >= 0.6 is 0 Å². The quantitative estimate of drug-likeness (QED) is 0.584. The van der Waals surface area contributed by atoms with Gasteiger partial charge in [0.25, 0.3) is 5.56 Å². The molecule has 0 aliphatic heterocycles. The van der Waals surface area contributed by atoms with E-state index in [9.17, 15) is 14.7 Å². The van der Waals surface area contributed by atoms with Crippen LogP contribution in [-0.4, -0.2) is 50.0 Å². The molecular weight excluding hydrogens is 374 g/mol. The summed E-state index contributed by atoms with van der Waals surface area (Å²) in [6, 6.07) is 7.57. The van der Waals surface area contributed by atoms with Gasteiger partial charge in [-0.2, -0.15) is 4.98 Å². The first-order valence-electron chi connectivity index (χ1n) is 9.67. The molecule has 0 saturated heterocycles. The van der Waals surface area contributed by atoms with Crippen molar-refractivity contribution in [3.63, 3.8) is 0 Å². The molecule has 9 heteroatoms. The third-order valence-corrected chi connectivity index (χ3v) is 4.86. The topological polar surface area (TPSA) is 105 Å². The maximum Gasteiger partial charge on any atom is 0.329 e. The van der Waals surface area contributed by atoms with Gasteiger partial charge in [-0.1, -0.05) is 12.1 Å². The van der Waals surface area contributed by atoms with Crippen molar-refractivity contribution >= 4 is 17.1 Å². The van der Waals surface area contributed by atoms with Gasteiger partial charge in [0.2, 0.25) is 5.95 Å². The zero-order chi connectivity index (χ0) is 21.1. The smallest absolute Gasteiger partial charge is 0.329 e. The Morgan fingerprint density at radius 2 is 2.00 bits per heavy atom. The van der Waals surface area contributed by atoms with Gasteiger partial charge in [-0.3, -0.25) is 14.3 Å². The molecule has 29 heavy (non-hydrogen) atoms. The minimum atomic E-state index is -0.876. The molecule has 0 amide bonds. The Labute approximate surface area is 168 Å². The van der Waals surface area contributed by atoms with Gasteiger partial charge in [0.05, 0.1) is 6.54 Å². The lowest BCUT2D eigenvalue weighted by Crippen LogP contribution is -2.32. The van der Waals surface area contributed by atoms with E-state index >= 15 is 0 Å². The number of rotatable bonds is 8. The van der Waals surface area contributed by atoms with Crippen LogP contribution in [0, 0.1) is 6.92 Å². The molecule has 1 atom stereocenters. The third-order valence-electron chi connectivity index (χ3n) is 4.86. The molecular formula is C20H27N5O4. The van der Waals surface area contributed by atoms with E-state index in [0.29, 0.717) is 24.8 Å². The summed E-state index contributed by atoms with van der Waals surface area (Å²) in [4.78, 5) is 33.3. The molecule has 0 aliphatic rings. The number of fused-ring (bicyclic) bond motifs is 1. The maximum absolute atomic E-state index is 12.5. The monoisotopic (exact) mass is 401 g/mol. The molecule has 1 aromatic carbocycles. The number of aromatic amines is 1. The number of aliphatic hydroxyl groups excluding tert-OH is 1. The average Bonchev–Trinajstić information content (AvgIpc) is 3.05. The van der Waals surface area contributed by atoms with Crippen LogP contribution in [0.15, 0.2) is 33.9 Å². The normalized spacial score (nSPS) is 12.3. The second-order valence-electron chi connectivity index (χ2n) is 6.97. The minimum absolute atomic E-state index is 0.0600. The molecule has 9 nitrogen and oxygen atoms in total. The van der Waals surface area contributed by atoms with E-state index in [2.05, 4.69) is 9.97 Å². The minimum Gasteiger partial charge on any atom is -0.491 e. The van der Waals surface area contributed by atoms with Crippen molar-refractivity contribution in [1.82, 2.24) is 19.1 Å². The van der Waals surface area contributed by atoms with Crippen LogP contribution < -0.4 is 20.9 Å². The number of aliphatic hydroxyl groups is 1. The maximum atomic E-state index is 12.5. The summed E-state index contributed by atoms with van der Waals surface area (Å²) in [6.07, 6.45) is -0.876. The summed E-state index contributed by atoms with van der Waals surface area (Å²) in [6.45, 7) is 7.43. The van der Waals surface area contributed by atoms with Crippen LogP contribution in [0.2, 0.25) is 0 Å². The van der Waals surface area contributed by atoms with Gasteiger partial charge in [-0.25, -0.2) is 4.79 Å². The number of H-pyrrole nitrogens is 1. The summed E-state index contributed by atoms with van der Waals surface area (Å²) in [5.41, 5.74) is 0.548.